The van der Waals surface area contributed by atoms with Crippen LogP contribution in [0.3, 0.4) is 0 Å². The Morgan fingerprint density at radius 3 is 2.57 bits per heavy atom. The van der Waals surface area contributed by atoms with E-state index < -0.39 is 4.92 Å². The summed E-state index contributed by atoms with van der Waals surface area (Å²) in [5.41, 5.74) is 4.49. The van der Waals surface area contributed by atoms with E-state index in [-0.39, 0.29) is 18.9 Å². The molecule has 0 bridgehead atoms. The van der Waals surface area contributed by atoms with Gasteiger partial charge in [-0.1, -0.05) is 13.0 Å². The van der Waals surface area contributed by atoms with Gasteiger partial charge in [-0.15, -0.1) is 0 Å². The maximum absolute atomic E-state index is 11.3. The van der Waals surface area contributed by atoms with Crippen LogP contribution in [0.5, 0.6) is 0 Å². The van der Waals surface area contributed by atoms with Crippen LogP contribution in [0, 0.1) is 10.1 Å². The predicted octanol–water partition coefficient (Wildman–Crippen LogP) is 1.23. The first kappa shape index (κ1) is 17.4. The van der Waals surface area contributed by atoms with Gasteiger partial charge in [0.25, 0.3) is 5.69 Å². The number of hydrazine groups is 1. The van der Waals surface area contributed by atoms with Crippen molar-refractivity contribution in [2.24, 2.45) is 0 Å². The number of aliphatic hydroxyl groups is 2. The number of nitro groups is 1. The first-order chi connectivity index (χ1) is 10.1. The fourth-order valence-electron chi connectivity index (χ4n) is 1.97. The molecule has 21 heavy (non-hydrogen) atoms. The average Bonchev–Trinajstić information content (AvgIpc) is 2.50. The quantitative estimate of drug-likeness (QED) is 0.341. The topological polar surface area (TPSA) is 98.9 Å². The maximum atomic E-state index is 11.3. The third kappa shape index (κ3) is 5.30. The van der Waals surface area contributed by atoms with Gasteiger partial charge in [0, 0.05) is 32.4 Å². The van der Waals surface area contributed by atoms with Crippen LogP contribution in [0.1, 0.15) is 25.3 Å². The van der Waals surface area contributed by atoms with E-state index in [1.54, 1.807) is 17.1 Å². The second-order valence-corrected chi connectivity index (χ2v) is 4.65. The summed E-state index contributed by atoms with van der Waals surface area (Å²) >= 11 is 0. The van der Waals surface area contributed by atoms with Crippen LogP contribution in [0.2, 0.25) is 0 Å². The molecule has 0 aliphatic rings. The van der Waals surface area contributed by atoms with Gasteiger partial charge in [0.2, 0.25) is 0 Å². The van der Waals surface area contributed by atoms with E-state index in [2.05, 4.69) is 5.43 Å². The Balaban J connectivity index is 3.00. The van der Waals surface area contributed by atoms with E-state index in [1.165, 1.54) is 0 Å². The van der Waals surface area contributed by atoms with Gasteiger partial charge in [0.05, 0.1) is 4.92 Å². The lowest BCUT2D eigenvalue weighted by molar-refractivity contribution is -0.384. The number of nitrogens with one attached hydrogen (secondary N) is 1. The van der Waals surface area contributed by atoms with E-state index in [9.17, 15) is 10.1 Å². The van der Waals surface area contributed by atoms with E-state index >= 15 is 0 Å². The highest BCUT2D eigenvalue weighted by molar-refractivity contribution is 5.63. The van der Waals surface area contributed by atoms with Gasteiger partial charge in [-0.25, -0.2) is 5.43 Å². The first-order valence-corrected chi connectivity index (χ1v) is 7.14. The van der Waals surface area contributed by atoms with Gasteiger partial charge in [0.1, 0.15) is 5.69 Å². The normalized spacial score (nSPS) is 10.6. The zero-order valence-corrected chi connectivity index (χ0v) is 12.3. The minimum atomic E-state index is -0.395. The molecule has 0 fully saturated rings. The molecule has 1 aromatic rings. The Bertz CT molecular complexity index is 454. The van der Waals surface area contributed by atoms with Crippen LogP contribution < -0.4 is 10.4 Å². The molecule has 1 aromatic carbocycles. The molecule has 118 valence electrons. The maximum Gasteiger partial charge on any atom is 0.294 e. The molecule has 0 saturated heterocycles. The van der Waals surface area contributed by atoms with Crippen LogP contribution >= 0.6 is 0 Å². The lowest BCUT2D eigenvalue weighted by Crippen LogP contribution is -2.40. The summed E-state index contributed by atoms with van der Waals surface area (Å²) in [6.07, 6.45) is 1.78. The van der Waals surface area contributed by atoms with E-state index in [1.807, 2.05) is 13.0 Å². The Hall–Kier alpha value is -1.70. The lowest BCUT2D eigenvalue weighted by atomic mass is 10.1. The highest BCUT2D eigenvalue weighted by Gasteiger charge is 2.19. The molecule has 0 aliphatic heterocycles. The van der Waals surface area contributed by atoms with Crippen LogP contribution in [-0.2, 0) is 6.42 Å². The Morgan fingerprint density at radius 1 is 1.29 bits per heavy atom. The number of aliphatic hydroxyl groups excluding tert-OH is 2. The average molecular weight is 297 g/mol. The molecule has 0 atom stereocenters. The molecule has 0 radical (unpaired) electrons. The number of hydrogen-bond acceptors (Lipinski definition) is 6. The summed E-state index contributed by atoms with van der Waals surface area (Å²) in [5.74, 6) is 0. The molecule has 0 heterocycles. The standard InChI is InChI=1S/C14H23N3O4/c1-2-12-5-6-13(14(11-12)17(20)21)16(8-4-10-19)15-7-3-9-18/h5-6,11,15,18-19H,2-4,7-10H2,1H3. The van der Waals surface area contributed by atoms with Crippen molar-refractivity contribution in [3.05, 3.63) is 33.9 Å². The fourth-order valence-corrected chi connectivity index (χ4v) is 1.97. The Morgan fingerprint density at radius 2 is 2.00 bits per heavy atom. The minimum Gasteiger partial charge on any atom is -0.396 e. The summed E-state index contributed by atoms with van der Waals surface area (Å²) in [7, 11) is 0. The third-order valence-corrected chi connectivity index (χ3v) is 3.11. The van der Waals surface area contributed by atoms with Crippen molar-refractivity contribution >= 4 is 11.4 Å². The zero-order valence-electron chi connectivity index (χ0n) is 12.3. The van der Waals surface area contributed by atoms with E-state index in [0.717, 1.165) is 12.0 Å². The van der Waals surface area contributed by atoms with Crippen molar-refractivity contribution in [3.8, 4) is 0 Å². The number of aryl methyl sites for hydroxylation is 1. The monoisotopic (exact) mass is 297 g/mol. The van der Waals surface area contributed by atoms with Crippen molar-refractivity contribution in [1.82, 2.24) is 5.43 Å². The van der Waals surface area contributed by atoms with Crippen molar-refractivity contribution in [2.45, 2.75) is 26.2 Å². The number of benzene rings is 1. The van der Waals surface area contributed by atoms with E-state index in [4.69, 9.17) is 10.2 Å². The van der Waals surface area contributed by atoms with Crippen LogP contribution in [0.25, 0.3) is 0 Å². The number of nitro benzene ring substituents is 1. The number of hydrogen-bond donors (Lipinski definition) is 3. The zero-order chi connectivity index (χ0) is 15.7. The van der Waals surface area contributed by atoms with Gasteiger partial charge in [0.15, 0.2) is 0 Å². The molecule has 0 amide bonds. The SMILES string of the molecule is CCc1ccc(N(CCCO)NCCCO)c([N+](=O)[O-])c1. The molecule has 7 heteroatoms. The third-order valence-electron chi connectivity index (χ3n) is 3.11. The van der Waals surface area contributed by atoms with Gasteiger partial charge in [-0.2, -0.15) is 0 Å². The summed E-state index contributed by atoms with van der Waals surface area (Å²) < 4.78 is 0. The van der Waals surface area contributed by atoms with Gasteiger partial charge in [-0.05, 0) is 30.9 Å². The number of rotatable bonds is 10. The fraction of sp³-hybridized carbons (Fsp3) is 0.571. The van der Waals surface area contributed by atoms with Crippen molar-refractivity contribution in [3.63, 3.8) is 0 Å². The Labute approximate surface area is 124 Å². The number of anilines is 1. The van der Waals surface area contributed by atoms with Gasteiger partial charge >= 0.3 is 0 Å². The summed E-state index contributed by atoms with van der Waals surface area (Å²) in [5, 5.41) is 30.7. The molecule has 0 unspecified atom stereocenters. The molecule has 0 aliphatic carbocycles. The smallest absolute Gasteiger partial charge is 0.294 e. The van der Waals surface area contributed by atoms with Crippen molar-refractivity contribution in [2.75, 3.05) is 31.3 Å². The summed E-state index contributed by atoms with van der Waals surface area (Å²) in [6.45, 7) is 2.97. The van der Waals surface area contributed by atoms with Crippen LogP contribution in [-0.4, -0.2) is 41.4 Å². The molecule has 0 aromatic heterocycles. The molecule has 0 spiro atoms. The van der Waals surface area contributed by atoms with Crippen molar-refractivity contribution in [1.29, 1.82) is 0 Å². The predicted molar refractivity (Wildman–Crippen MR) is 81.2 cm³/mol. The van der Waals surface area contributed by atoms with Crippen LogP contribution in [0.15, 0.2) is 18.2 Å². The molecule has 7 nitrogen and oxygen atoms in total. The highest BCUT2D eigenvalue weighted by Crippen LogP contribution is 2.28. The van der Waals surface area contributed by atoms with Crippen LogP contribution in [0.4, 0.5) is 11.4 Å². The first-order valence-electron chi connectivity index (χ1n) is 7.14. The van der Waals surface area contributed by atoms with Gasteiger partial charge in [-0.3, -0.25) is 10.1 Å². The molecule has 3 N–H and O–H groups in total. The molecule has 0 saturated carbocycles. The largest absolute Gasteiger partial charge is 0.396 e. The second kappa shape index (κ2) is 9.28. The summed E-state index contributed by atoms with van der Waals surface area (Å²) in [4.78, 5) is 10.9. The van der Waals surface area contributed by atoms with E-state index in [0.29, 0.717) is 31.6 Å². The highest BCUT2D eigenvalue weighted by atomic mass is 16.6. The molecular weight excluding hydrogens is 274 g/mol. The second-order valence-electron chi connectivity index (χ2n) is 4.65. The number of nitrogens with zero attached hydrogens (tertiary/aromatic N) is 2. The van der Waals surface area contributed by atoms with Gasteiger partial charge < -0.3 is 15.2 Å². The Kier molecular flexibility index (Phi) is 7.66. The minimum absolute atomic E-state index is 0.0129. The summed E-state index contributed by atoms with van der Waals surface area (Å²) in [6, 6.07) is 5.16. The lowest BCUT2D eigenvalue weighted by Gasteiger charge is -2.25. The molecular formula is C14H23N3O4. The molecule has 1 rings (SSSR count). The van der Waals surface area contributed by atoms with Crippen molar-refractivity contribution < 1.29 is 15.1 Å².